The smallest absolute Gasteiger partial charge is 0.0253 e. The Kier molecular flexibility index (Phi) is 5.47. The van der Waals surface area contributed by atoms with Crippen molar-refractivity contribution >= 4 is 0 Å². The monoisotopic (exact) mass is 374 g/mol. The summed E-state index contributed by atoms with van der Waals surface area (Å²) in [5.41, 5.74) is 1.97. The van der Waals surface area contributed by atoms with Gasteiger partial charge in [0, 0.05) is 12.1 Å². The van der Waals surface area contributed by atoms with Gasteiger partial charge in [-0.3, -0.25) is 0 Å². The molecule has 0 aromatic heterocycles. The first kappa shape index (κ1) is 20.2. The van der Waals surface area contributed by atoms with E-state index in [1.807, 2.05) is 0 Å². The summed E-state index contributed by atoms with van der Waals surface area (Å²) in [5.74, 6) is 0.972. The van der Waals surface area contributed by atoms with E-state index in [1.54, 1.807) is 0 Å². The molecule has 0 aromatic carbocycles. The third-order valence-electron chi connectivity index (χ3n) is 10.1. The van der Waals surface area contributed by atoms with Crippen LogP contribution >= 0.6 is 0 Å². The average Bonchev–Trinajstić information content (AvgIpc) is 3.00. The van der Waals surface area contributed by atoms with E-state index in [9.17, 15) is 0 Å². The Bertz CT molecular complexity index is 513. The van der Waals surface area contributed by atoms with Gasteiger partial charge in [-0.1, -0.05) is 40.0 Å². The van der Waals surface area contributed by atoms with Gasteiger partial charge in [0.25, 0.3) is 0 Å². The van der Waals surface area contributed by atoms with Crippen LogP contribution in [0, 0.1) is 22.2 Å². The molecule has 0 bridgehead atoms. The first-order chi connectivity index (χ1) is 12.8. The molecule has 0 radical (unpaired) electrons. The van der Waals surface area contributed by atoms with E-state index in [4.69, 9.17) is 0 Å². The summed E-state index contributed by atoms with van der Waals surface area (Å²) in [6.07, 6.45) is 17.7. The maximum atomic E-state index is 2.76. The van der Waals surface area contributed by atoms with Gasteiger partial charge in [0.2, 0.25) is 0 Å². The van der Waals surface area contributed by atoms with Crippen LogP contribution in [0.3, 0.4) is 0 Å². The van der Waals surface area contributed by atoms with E-state index in [0.717, 1.165) is 18.0 Å². The summed E-state index contributed by atoms with van der Waals surface area (Å²) in [5, 5.41) is 0. The Labute approximate surface area is 169 Å². The molecule has 2 saturated heterocycles. The Hall–Kier alpha value is -0.0800. The van der Waals surface area contributed by atoms with Crippen LogP contribution in [0.15, 0.2) is 0 Å². The van der Waals surface area contributed by atoms with Gasteiger partial charge in [-0.05, 0) is 107 Å². The Balaban J connectivity index is 1.50. The van der Waals surface area contributed by atoms with Crippen molar-refractivity contribution in [3.63, 3.8) is 0 Å². The zero-order chi connectivity index (χ0) is 19.3. The second kappa shape index (κ2) is 7.31. The van der Waals surface area contributed by atoms with Crippen molar-refractivity contribution in [3.8, 4) is 0 Å². The fourth-order valence-electron chi connectivity index (χ4n) is 7.59. The first-order valence-corrected chi connectivity index (χ1v) is 12.2. The molecule has 0 amide bonds. The number of piperidine rings is 2. The van der Waals surface area contributed by atoms with Crippen molar-refractivity contribution in [1.82, 2.24) is 9.80 Å². The van der Waals surface area contributed by atoms with Crippen molar-refractivity contribution in [2.75, 3.05) is 27.2 Å². The van der Waals surface area contributed by atoms with Crippen LogP contribution in [-0.4, -0.2) is 49.1 Å². The van der Waals surface area contributed by atoms with Crippen LogP contribution in [0.1, 0.15) is 97.8 Å². The lowest BCUT2D eigenvalue weighted by molar-refractivity contribution is -0.0408. The molecule has 2 nitrogen and oxygen atoms in total. The molecule has 2 heterocycles. The van der Waals surface area contributed by atoms with Crippen LogP contribution in [0.5, 0.6) is 0 Å². The molecule has 2 heteroatoms. The third-order valence-corrected chi connectivity index (χ3v) is 10.1. The average molecular weight is 375 g/mol. The highest BCUT2D eigenvalue weighted by atomic mass is 15.2. The first-order valence-electron chi connectivity index (χ1n) is 12.2. The van der Waals surface area contributed by atoms with Gasteiger partial charge in [-0.15, -0.1) is 0 Å². The minimum absolute atomic E-state index is 0.625. The van der Waals surface area contributed by atoms with Crippen LogP contribution in [0.25, 0.3) is 0 Å². The summed E-state index contributed by atoms with van der Waals surface area (Å²) in [4.78, 5) is 5.52. The maximum Gasteiger partial charge on any atom is 0.0253 e. The molecule has 4 atom stereocenters. The highest BCUT2D eigenvalue weighted by Gasteiger charge is 2.51. The molecule has 4 aliphatic rings. The van der Waals surface area contributed by atoms with Crippen LogP contribution in [-0.2, 0) is 0 Å². The summed E-state index contributed by atoms with van der Waals surface area (Å²) < 4.78 is 0. The van der Waals surface area contributed by atoms with Crippen molar-refractivity contribution in [2.24, 2.45) is 22.2 Å². The van der Waals surface area contributed by atoms with Crippen LogP contribution < -0.4 is 0 Å². The predicted octanol–water partition coefficient (Wildman–Crippen LogP) is 5.96. The number of likely N-dealkylation sites (N-methyl/N-ethyl adjacent to an activating group) is 2. The summed E-state index contributed by atoms with van der Waals surface area (Å²) in [6, 6.07) is 1.59. The van der Waals surface area contributed by atoms with Gasteiger partial charge in [0.1, 0.15) is 0 Å². The Morgan fingerprint density at radius 1 is 0.778 bits per heavy atom. The Morgan fingerprint density at radius 2 is 1.33 bits per heavy atom. The largest absolute Gasteiger partial charge is 0.302 e. The van der Waals surface area contributed by atoms with E-state index in [1.165, 1.54) is 90.1 Å². The van der Waals surface area contributed by atoms with Gasteiger partial charge >= 0.3 is 0 Å². The minimum Gasteiger partial charge on any atom is -0.302 e. The van der Waals surface area contributed by atoms with E-state index < -0.39 is 0 Å². The van der Waals surface area contributed by atoms with Crippen molar-refractivity contribution in [3.05, 3.63) is 0 Å². The number of hydrogen-bond acceptors (Lipinski definition) is 2. The second-order valence-corrected chi connectivity index (χ2v) is 12.0. The van der Waals surface area contributed by atoms with Crippen LogP contribution in [0.4, 0.5) is 0 Å². The number of nitrogens with zero attached hydrogens (tertiary/aromatic N) is 2. The molecule has 27 heavy (non-hydrogen) atoms. The molecule has 2 aliphatic carbocycles. The standard InChI is InChI=1S/C25H46N2/c1-6-23(3)11-12-25(19-23)14-16-27(5)22(18-25)21-17-24(13-15-26(21)4)9-7-20(2)8-10-24/h20-22H,6-19H2,1-5H3. The zero-order valence-corrected chi connectivity index (χ0v) is 19.0. The molecule has 4 rings (SSSR count). The zero-order valence-electron chi connectivity index (χ0n) is 19.0. The molecule has 4 fully saturated rings. The number of likely N-dealkylation sites (tertiary alicyclic amines) is 2. The molecule has 0 N–H and O–H groups in total. The predicted molar refractivity (Wildman–Crippen MR) is 116 cm³/mol. The molecule has 4 unspecified atom stereocenters. The minimum atomic E-state index is 0.625. The van der Waals surface area contributed by atoms with Crippen LogP contribution in [0.2, 0.25) is 0 Å². The second-order valence-electron chi connectivity index (χ2n) is 12.0. The maximum absolute atomic E-state index is 2.76. The molecule has 2 spiro atoms. The van der Waals surface area contributed by atoms with Gasteiger partial charge in [-0.2, -0.15) is 0 Å². The van der Waals surface area contributed by atoms with Gasteiger partial charge in [-0.25, -0.2) is 0 Å². The van der Waals surface area contributed by atoms with Crippen molar-refractivity contribution < 1.29 is 0 Å². The normalized spacial score (nSPS) is 49.9. The number of rotatable bonds is 2. The van der Waals surface area contributed by atoms with Crippen molar-refractivity contribution in [1.29, 1.82) is 0 Å². The molecule has 156 valence electrons. The molecular weight excluding hydrogens is 328 g/mol. The number of hydrogen-bond donors (Lipinski definition) is 0. The highest BCUT2D eigenvalue weighted by molar-refractivity contribution is 5.05. The fraction of sp³-hybridized carbons (Fsp3) is 1.00. The summed E-state index contributed by atoms with van der Waals surface area (Å²) in [6.45, 7) is 10.1. The fourth-order valence-corrected chi connectivity index (χ4v) is 7.59. The van der Waals surface area contributed by atoms with E-state index in [0.29, 0.717) is 16.2 Å². The SMILES string of the molecule is CCC1(C)CCC2(CCN(C)C(C3CC4(CCC(C)CC4)CCN3C)C2)C1. The van der Waals surface area contributed by atoms with E-state index >= 15 is 0 Å². The van der Waals surface area contributed by atoms with E-state index in [2.05, 4.69) is 44.7 Å². The molecular formula is C25H46N2. The summed E-state index contributed by atoms with van der Waals surface area (Å²) >= 11 is 0. The lowest BCUT2D eigenvalue weighted by atomic mass is 9.62. The van der Waals surface area contributed by atoms with Crippen molar-refractivity contribution in [2.45, 2.75) is 110 Å². The van der Waals surface area contributed by atoms with Gasteiger partial charge < -0.3 is 9.80 Å². The van der Waals surface area contributed by atoms with Gasteiger partial charge in [0.05, 0.1) is 0 Å². The topological polar surface area (TPSA) is 6.48 Å². The van der Waals surface area contributed by atoms with E-state index in [-0.39, 0.29) is 0 Å². The Morgan fingerprint density at radius 3 is 1.89 bits per heavy atom. The quantitative estimate of drug-likeness (QED) is 0.588. The van der Waals surface area contributed by atoms with Gasteiger partial charge in [0.15, 0.2) is 0 Å². The highest BCUT2D eigenvalue weighted by Crippen LogP contribution is 2.58. The molecule has 2 aliphatic heterocycles. The molecule has 2 saturated carbocycles. The third kappa shape index (κ3) is 3.87. The lowest BCUT2D eigenvalue weighted by Crippen LogP contribution is -2.59. The molecule has 0 aromatic rings. The lowest BCUT2D eigenvalue weighted by Gasteiger charge is -2.55. The summed E-state index contributed by atoms with van der Waals surface area (Å²) in [7, 11) is 4.87.